The van der Waals surface area contributed by atoms with Gasteiger partial charge in [0.25, 0.3) is 0 Å². The van der Waals surface area contributed by atoms with Crippen LogP contribution in [-0.2, 0) is 16.1 Å². The predicted molar refractivity (Wildman–Crippen MR) is 100 cm³/mol. The number of halogens is 1. The lowest BCUT2D eigenvalue weighted by Gasteiger charge is -2.34. The van der Waals surface area contributed by atoms with Crippen LogP contribution in [0, 0.1) is 0 Å². The minimum atomic E-state index is -0.775. The van der Waals surface area contributed by atoms with Crippen LogP contribution < -0.4 is 0 Å². The van der Waals surface area contributed by atoms with Crippen molar-refractivity contribution >= 4 is 23.5 Å². The maximum absolute atomic E-state index is 13.2. The molecule has 0 radical (unpaired) electrons. The number of rotatable bonds is 6. The summed E-state index contributed by atoms with van der Waals surface area (Å²) in [5.41, 5.74) is 0.849. The third kappa shape index (κ3) is 4.69. The van der Waals surface area contributed by atoms with E-state index in [0.29, 0.717) is 5.89 Å². The molecule has 1 amide bonds. The summed E-state index contributed by atoms with van der Waals surface area (Å²) in [6.07, 6.45) is 6.42. The van der Waals surface area contributed by atoms with Crippen molar-refractivity contribution < 1.29 is 18.7 Å². The van der Waals surface area contributed by atoms with Gasteiger partial charge in [0.05, 0.1) is 13.7 Å². The third-order valence-corrected chi connectivity index (χ3v) is 5.30. The first-order chi connectivity index (χ1) is 13.1. The fourth-order valence-electron chi connectivity index (χ4n) is 3.42. The molecule has 144 valence electrons. The maximum atomic E-state index is 13.2. The molecule has 7 heteroatoms. The number of ether oxygens (including phenoxy) is 1. The Labute approximate surface area is 163 Å². The van der Waals surface area contributed by atoms with Gasteiger partial charge in [0, 0.05) is 6.04 Å². The third-order valence-electron chi connectivity index (χ3n) is 4.86. The van der Waals surface area contributed by atoms with E-state index in [1.54, 1.807) is 4.90 Å². The van der Waals surface area contributed by atoms with Gasteiger partial charge in [-0.05, 0) is 18.4 Å². The molecule has 1 atom stereocenters. The van der Waals surface area contributed by atoms with Crippen LogP contribution in [0.5, 0.6) is 0 Å². The topological polar surface area (TPSA) is 72.6 Å². The molecule has 2 aromatic rings. The number of esters is 1. The minimum Gasteiger partial charge on any atom is -0.464 e. The number of alkyl halides is 1. The number of amides is 1. The molecule has 1 aliphatic carbocycles. The first-order valence-electron chi connectivity index (χ1n) is 9.12. The van der Waals surface area contributed by atoms with Crippen molar-refractivity contribution in [3.63, 3.8) is 0 Å². The first-order valence-corrected chi connectivity index (χ1v) is 9.56. The number of carbonyl (C=O) groups excluding carboxylic acids is 2. The number of nitrogens with zero attached hydrogens (tertiary/aromatic N) is 2. The van der Waals surface area contributed by atoms with E-state index in [1.807, 2.05) is 30.3 Å². The predicted octanol–water partition coefficient (Wildman–Crippen LogP) is 4.10. The summed E-state index contributed by atoms with van der Waals surface area (Å²) in [5.74, 6) is -0.445. The van der Waals surface area contributed by atoms with Crippen LogP contribution in [0.25, 0.3) is 0 Å². The Morgan fingerprint density at radius 3 is 2.63 bits per heavy atom. The highest BCUT2D eigenvalue weighted by Gasteiger charge is 2.31. The summed E-state index contributed by atoms with van der Waals surface area (Å²) in [5, 5.41) is -0.775. The van der Waals surface area contributed by atoms with Crippen molar-refractivity contribution in [2.24, 2.45) is 0 Å². The molecule has 3 rings (SSSR count). The Bertz CT molecular complexity index is 771. The van der Waals surface area contributed by atoms with Crippen LogP contribution in [0.2, 0.25) is 0 Å². The highest BCUT2D eigenvalue weighted by Crippen LogP contribution is 2.30. The molecule has 6 nitrogen and oxygen atoms in total. The average molecular weight is 391 g/mol. The van der Waals surface area contributed by atoms with Gasteiger partial charge in [-0.2, -0.15) is 0 Å². The molecule has 0 bridgehead atoms. The molecule has 0 aliphatic heterocycles. The van der Waals surface area contributed by atoms with Gasteiger partial charge in [-0.3, -0.25) is 4.79 Å². The van der Waals surface area contributed by atoms with Crippen LogP contribution in [0.15, 0.2) is 41.0 Å². The zero-order valence-corrected chi connectivity index (χ0v) is 16.0. The highest BCUT2D eigenvalue weighted by molar-refractivity contribution is 6.30. The van der Waals surface area contributed by atoms with Crippen LogP contribution in [0.1, 0.15) is 59.4 Å². The summed E-state index contributed by atoms with van der Waals surface area (Å²) < 4.78 is 10.0. The number of carbonyl (C=O) groups is 2. The number of benzene rings is 1. The molecule has 0 N–H and O–H groups in total. The molecular weight excluding hydrogens is 368 g/mol. The Morgan fingerprint density at radius 2 is 1.96 bits per heavy atom. The summed E-state index contributed by atoms with van der Waals surface area (Å²) >= 11 is 6.50. The lowest BCUT2D eigenvalue weighted by molar-refractivity contribution is -0.135. The second-order valence-corrected chi connectivity index (χ2v) is 7.09. The van der Waals surface area contributed by atoms with E-state index in [4.69, 9.17) is 16.0 Å². The summed E-state index contributed by atoms with van der Waals surface area (Å²) in [4.78, 5) is 30.7. The number of oxazole rings is 1. The van der Waals surface area contributed by atoms with E-state index in [9.17, 15) is 9.59 Å². The zero-order chi connectivity index (χ0) is 19.2. The molecule has 0 saturated heterocycles. The Hall–Kier alpha value is -2.34. The van der Waals surface area contributed by atoms with Gasteiger partial charge < -0.3 is 14.1 Å². The number of hydrogen-bond acceptors (Lipinski definition) is 5. The molecule has 1 aliphatic rings. The van der Waals surface area contributed by atoms with Crippen molar-refractivity contribution in [3.05, 3.63) is 53.7 Å². The van der Waals surface area contributed by atoms with Crippen molar-refractivity contribution in [1.82, 2.24) is 9.88 Å². The van der Waals surface area contributed by atoms with E-state index >= 15 is 0 Å². The van der Waals surface area contributed by atoms with Gasteiger partial charge in [0.1, 0.15) is 11.6 Å². The Morgan fingerprint density at radius 1 is 1.26 bits per heavy atom. The van der Waals surface area contributed by atoms with Crippen molar-refractivity contribution in [3.8, 4) is 0 Å². The van der Waals surface area contributed by atoms with E-state index < -0.39 is 11.3 Å². The lowest BCUT2D eigenvalue weighted by Crippen LogP contribution is -2.42. The van der Waals surface area contributed by atoms with Gasteiger partial charge >= 0.3 is 5.97 Å². The normalized spacial score (nSPS) is 15.9. The van der Waals surface area contributed by atoms with Crippen LogP contribution in [0.3, 0.4) is 0 Å². The van der Waals surface area contributed by atoms with Crippen LogP contribution in [0.4, 0.5) is 0 Å². The molecule has 1 aromatic carbocycles. The highest BCUT2D eigenvalue weighted by atomic mass is 35.5. The summed E-state index contributed by atoms with van der Waals surface area (Å²) in [6, 6.07) is 9.38. The Balaban J connectivity index is 1.81. The van der Waals surface area contributed by atoms with Crippen molar-refractivity contribution in [1.29, 1.82) is 0 Å². The molecule has 0 spiro atoms. The number of aromatic nitrogens is 1. The van der Waals surface area contributed by atoms with Gasteiger partial charge in [0.15, 0.2) is 5.69 Å². The molecule has 1 fully saturated rings. The summed E-state index contributed by atoms with van der Waals surface area (Å²) in [7, 11) is 1.28. The molecule has 1 aromatic heterocycles. The lowest BCUT2D eigenvalue weighted by atomic mass is 9.93. The van der Waals surface area contributed by atoms with Gasteiger partial charge in [-0.25, -0.2) is 9.78 Å². The van der Waals surface area contributed by atoms with Gasteiger partial charge in [-0.1, -0.05) is 49.6 Å². The average Bonchev–Trinajstić information content (AvgIpc) is 3.20. The summed E-state index contributed by atoms with van der Waals surface area (Å²) in [6.45, 7) is 0.177. The largest absolute Gasteiger partial charge is 0.464 e. The number of methoxy groups -OCH3 is 1. The molecule has 1 unspecified atom stereocenters. The van der Waals surface area contributed by atoms with E-state index in [2.05, 4.69) is 9.72 Å². The second kappa shape index (κ2) is 9.04. The zero-order valence-electron chi connectivity index (χ0n) is 15.3. The maximum Gasteiger partial charge on any atom is 0.360 e. The van der Waals surface area contributed by atoms with E-state index in [0.717, 1.165) is 31.2 Å². The monoisotopic (exact) mass is 390 g/mol. The number of hydrogen-bond donors (Lipinski definition) is 0. The fourth-order valence-corrected chi connectivity index (χ4v) is 3.69. The molecule has 1 saturated carbocycles. The first kappa shape index (κ1) is 19.4. The van der Waals surface area contributed by atoms with Gasteiger partial charge in [-0.15, -0.1) is 11.6 Å². The molecular formula is C20H23ClN2O4. The second-order valence-electron chi connectivity index (χ2n) is 6.65. The minimum absolute atomic E-state index is 0.0877. The molecule has 1 heterocycles. The SMILES string of the molecule is COC(=O)c1coc(CN(C(=O)C(Cl)c2ccccc2)C2CCCCC2)n1. The van der Waals surface area contributed by atoms with Crippen molar-refractivity contribution in [2.45, 2.75) is 50.1 Å². The van der Waals surface area contributed by atoms with E-state index in [-0.39, 0.29) is 24.2 Å². The molecule has 27 heavy (non-hydrogen) atoms. The standard InChI is InChI=1S/C20H23ClN2O4/c1-26-20(25)16-13-27-17(22-16)12-23(15-10-6-3-7-11-15)19(24)18(21)14-8-4-2-5-9-14/h2,4-5,8-9,13,15,18H,3,6-7,10-12H2,1H3. The quantitative estimate of drug-likeness (QED) is 0.548. The van der Waals surface area contributed by atoms with Crippen LogP contribution in [-0.4, -0.2) is 34.9 Å². The Kier molecular flexibility index (Phi) is 6.50. The van der Waals surface area contributed by atoms with Gasteiger partial charge in [0.2, 0.25) is 11.8 Å². The van der Waals surface area contributed by atoms with Crippen LogP contribution >= 0.6 is 11.6 Å². The van der Waals surface area contributed by atoms with Crippen molar-refractivity contribution in [2.75, 3.05) is 7.11 Å². The smallest absolute Gasteiger partial charge is 0.360 e. The fraction of sp³-hybridized carbons (Fsp3) is 0.450. The van der Waals surface area contributed by atoms with E-state index in [1.165, 1.54) is 19.8 Å².